The van der Waals surface area contributed by atoms with Crippen molar-refractivity contribution in [2.75, 3.05) is 13.2 Å². The number of rotatable bonds is 8. The first kappa shape index (κ1) is 22.4. The first-order chi connectivity index (χ1) is 12.2. The fraction of sp³-hybridized carbons (Fsp3) is 0.412. The van der Waals surface area contributed by atoms with Gasteiger partial charge in [0.25, 0.3) is 0 Å². The molecule has 0 N–H and O–H groups in total. The summed E-state index contributed by atoms with van der Waals surface area (Å²) in [5.74, 6) is -3.13. The summed E-state index contributed by atoms with van der Waals surface area (Å²) in [7, 11) is 0. The van der Waals surface area contributed by atoms with E-state index < -0.39 is 23.6 Å². The van der Waals surface area contributed by atoms with Crippen LogP contribution in [-0.2, 0) is 19.1 Å². The van der Waals surface area contributed by atoms with Gasteiger partial charge in [0.05, 0.1) is 34.0 Å². The van der Waals surface area contributed by atoms with Crippen LogP contribution in [-0.4, -0.2) is 37.2 Å². The van der Waals surface area contributed by atoms with Crippen LogP contribution in [0.5, 0.6) is 0 Å². The predicted octanol–water partition coefficient (Wildman–Crippen LogP) is 4.68. The van der Waals surface area contributed by atoms with Gasteiger partial charge in [-0.1, -0.05) is 41.7 Å². The van der Waals surface area contributed by atoms with Crippen molar-refractivity contribution in [3.63, 3.8) is 0 Å². The summed E-state index contributed by atoms with van der Waals surface area (Å²) in [6.07, 6.45) is 1.71. The van der Waals surface area contributed by atoms with E-state index in [9.17, 15) is 14.4 Å². The molecule has 0 aliphatic rings. The fourth-order valence-electron chi connectivity index (χ4n) is 1.85. The van der Waals surface area contributed by atoms with Gasteiger partial charge in [-0.3, -0.25) is 14.6 Å². The van der Waals surface area contributed by atoms with Crippen LogP contribution in [0.15, 0.2) is 11.1 Å². The largest absolute Gasteiger partial charge is 0.465 e. The maximum atomic E-state index is 12.2. The summed E-state index contributed by atoms with van der Waals surface area (Å²) in [6, 6.07) is 1.32. The molecular weight excluding hydrogens is 405 g/mol. The van der Waals surface area contributed by atoms with Gasteiger partial charge in [-0.25, -0.2) is 4.79 Å². The maximum absolute atomic E-state index is 12.2. The van der Waals surface area contributed by atoms with Crippen molar-refractivity contribution in [1.82, 2.24) is 0 Å². The molecule has 0 amide bonds. The van der Waals surface area contributed by atoms with Gasteiger partial charge in [-0.05, 0) is 26.3 Å². The second-order valence-corrected chi connectivity index (χ2v) is 6.30. The van der Waals surface area contributed by atoms with E-state index in [-0.39, 0.29) is 39.5 Å². The monoisotopic (exact) mass is 421 g/mol. The molecule has 1 rings (SSSR count). The Morgan fingerprint density at radius 1 is 1.15 bits per heavy atom. The SMILES string of the molecule is CCCOC(=O)c1c(Cl)c(Cl)cc(N=CC(C(C)=O)C(=O)OCC)c1Cl. The molecule has 0 heterocycles. The standard InChI is InChI=1S/C17H18Cl3NO5/c1-4-6-26-17(24)13-14(19)11(18)7-12(15(13)20)21-8-10(9(3)22)16(23)25-5-2/h7-8,10H,4-6H2,1-3H3. The number of aliphatic imine (C=N–C) groups is 1. The van der Waals surface area contributed by atoms with Gasteiger partial charge in [0.1, 0.15) is 11.3 Å². The highest BCUT2D eigenvalue weighted by atomic mass is 35.5. The molecule has 6 nitrogen and oxygen atoms in total. The number of halogens is 3. The summed E-state index contributed by atoms with van der Waals surface area (Å²) in [6.45, 7) is 5.00. The number of hydrogen-bond donors (Lipinski definition) is 0. The second-order valence-electron chi connectivity index (χ2n) is 5.13. The van der Waals surface area contributed by atoms with E-state index in [0.29, 0.717) is 6.42 Å². The summed E-state index contributed by atoms with van der Waals surface area (Å²) >= 11 is 18.3. The van der Waals surface area contributed by atoms with E-state index in [4.69, 9.17) is 44.3 Å². The zero-order chi connectivity index (χ0) is 19.9. The predicted molar refractivity (Wildman–Crippen MR) is 101 cm³/mol. The first-order valence-electron chi connectivity index (χ1n) is 7.80. The van der Waals surface area contributed by atoms with Crippen molar-refractivity contribution in [1.29, 1.82) is 0 Å². The number of benzene rings is 1. The average molecular weight is 423 g/mol. The number of carbonyl (C=O) groups is 3. The third-order valence-corrected chi connectivity index (χ3v) is 4.29. The van der Waals surface area contributed by atoms with E-state index in [0.717, 1.165) is 6.21 Å². The quantitative estimate of drug-likeness (QED) is 0.263. The van der Waals surface area contributed by atoms with Crippen molar-refractivity contribution in [2.45, 2.75) is 27.2 Å². The number of ketones is 1. The van der Waals surface area contributed by atoms with E-state index in [1.807, 2.05) is 6.92 Å². The fourth-order valence-corrected chi connectivity index (χ4v) is 2.60. The van der Waals surface area contributed by atoms with Gasteiger partial charge >= 0.3 is 11.9 Å². The lowest BCUT2D eigenvalue weighted by Gasteiger charge is -2.11. The number of nitrogens with zero attached hydrogens (tertiary/aromatic N) is 1. The summed E-state index contributed by atoms with van der Waals surface area (Å²) in [4.78, 5) is 39.6. The number of Topliss-reactive ketones (excluding diaryl/α,β-unsaturated/α-hetero) is 1. The Morgan fingerprint density at radius 3 is 2.35 bits per heavy atom. The molecule has 0 fully saturated rings. The molecule has 142 valence electrons. The van der Waals surface area contributed by atoms with Gasteiger partial charge < -0.3 is 9.47 Å². The molecule has 0 aliphatic heterocycles. The molecule has 1 unspecified atom stereocenters. The molecule has 26 heavy (non-hydrogen) atoms. The molecule has 0 aliphatic carbocycles. The van der Waals surface area contributed by atoms with Crippen LogP contribution in [0.4, 0.5) is 5.69 Å². The topological polar surface area (TPSA) is 82.0 Å². The lowest BCUT2D eigenvalue weighted by Crippen LogP contribution is -2.25. The second kappa shape index (κ2) is 10.5. The third-order valence-electron chi connectivity index (χ3n) is 3.12. The Bertz CT molecular complexity index is 734. The molecule has 0 bridgehead atoms. The van der Waals surface area contributed by atoms with Crippen LogP contribution in [0.2, 0.25) is 15.1 Å². The van der Waals surface area contributed by atoms with Gasteiger partial charge in [0, 0.05) is 6.21 Å². The zero-order valence-corrected chi connectivity index (χ0v) is 16.7. The van der Waals surface area contributed by atoms with Crippen LogP contribution >= 0.6 is 34.8 Å². The molecule has 1 aromatic rings. The minimum Gasteiger partial charge on any atom is -0.465 e. The molecule has 0 saturated carbocycles. The van der Waals surface area contributed by atoms with E-state index >= 15 is 0 Å². The average Bonchev–Trinajstić information content (AvgIpc) is 2.57. The smallest absolute Gasteiger partial charge is 0.341 e. The Kier molecular flexibility index (Phi) is 9.05. The van der Waals surface area contributed by atoms with Gasteiger partial charge in [-0.2, -0.15) is 0 Å². The van der Waals surface area contributed by atoms with Crippen molar-refractivity contribution in [2.24, 2.45) is 10.9 Å². The Morgan fingerprint density at radius 2 is 1.81 bits per heavy atom. The first-order valence-corrected chi connectivity index (χ1v) is 8.93. The molecule has 0 spiro atoms. The van der Waals surface area contributed by atoms with E-state index in [1.165, 1.54) is 13.0 Å². The lowest BCUT2D eigenvalue weighted by molar-refractivity contribution is -0.148. The van der Waals surface area contributed by atoms with Crippen LogP contribution in [0.3, 0.4) is 0 Å². The van der Waals surface area contributed by atoms with E-state index in [2.05, 4.69) is 4.99 Å². The third kappa shape index (κ3) is 5.69. The summed E-state index contributed by atoms with van der Waals surface area (Å²) in [5.41, 5.74) is -0.0583. The van der Waals surface area contributed by atoms with Crippen LogP contribution in [0, 0.1) is 5.92 Å². The van der Waals surface area contributed by atoms with Crippen LogP contribution < -0.4 is 0 Å². The summed E-state index contributed by atoms with van der Waals surface area (Å²) < 4.78 is 9.86. The molecule has 1 atom stereocenters. The zero-order valence-electron chi connectivity index (χ0n) is 14.5. The highest BCUT2D eigenvalue weighted by Gasteiger charge is 2.25. The molecule has 0 radical (unpaired) electrons. The number of hydrogen-bond acceptors (Lipinski definition) is 6. The van der Waals surface area contributed by atoms with E-state index in [1.54, 1.807) is 6.92 Å². The van der Waals surface area contributed by atoms with Crippen molar-refractivity contribution in [3.05, 3.63) is 26.7 Å². The lowest BCUT2D eigenvalue weighted by atomic mass is 10.1. The maximum Gasteiger partial charge on any atom is 0.341 e. The molecular formula is C17H18Cl3NO5. The molecule has 1 aromatic carbocycles. The highest BCUT2D eigenvalue weighted by molar-refractivity contribution is 6.47. The minimum absolute atomic E-state index is 0.0298. The highest BCUT2D eigenvalue weighted by Crippen LogP contribution is 2.39. The Balaban J connectivity index is 3.28. The molecule has 9 heteroatoms. The molecule has 0 aromatic heterocycles. The number of ether oxygens (including phenoxy) is 2. The van der Waals surface area contributed by atoms with Gasteiger partial charge in [0.15, 0.2) is 5.92 Å². The van der Waals surface area contributed by atoms with Crippen LogP contribution in [0.1, 0.15) is 37.6 Å². The van der Waals surface area contributed by atoms with Gasteiger partial charge in [0.2, 0.25) is 0 Å². The van der Waals surface area contributed by atoms with Crippen molar-refractivity contribution < 1.29 is 23.9 Å². The van der Waals surface area contributed by atoms with Crippen molar-refractivity contribution >= 4 is 64.4 Å². The van der Waals surface area contributed by atoms with Gasteiger partial charge in [-0.15, -0.1) is 0 Å². The number of carbonyl (C=O) groups excluding carboxylic acids is 3. The molecule has 0 saturated heterocycles. The Hall–Kier alpha value is -1.63. The van der Waals surface area contributed by atoms with Crippen molar-refractivity contribution in [3.8, 4) is 0 Å². The summed E-state index contributed by atoms with van der Waals surface area (Å²) in [5, 5.41) is -0.129. The Labute approximate surface area is 166 Å². The normalized spacial score (nSPS) is 12.1. The van der Waals surface area contributed by atoms with Crippen LogP contribution in [0.25, 0.3) is 0 Å². The number of esters is 2. The minimum atomic E-state index is -1.20.